The molecule has 0 aliphatic carbocycles. The summed E-state index contributed by atoms with van der Waals surface area (Å²) in [7, 11) is 0. The molecule has 0 aliphatic rings. The third-order valence-corrected chi connectivity index (χ3v) is 4.03. The number of hydrogen-bond acceptors (Lipinski definition) is 2. The van der Waals surface area contributed by atoms with E-state index in [1.807, 2.05) is 37.3 Å². The van der Waals surface area contributed by atoms with Gasteiger partial charge in [0.25, 0.3) is 0 Å². The highest BCUT2D eigenvalue weighted by Gasteiger charge is 2.11. The zero-order chi connectivity index (χ0) is 14.7. The summed E-state index contributed by atoms with van der Waals surface area (Å²) in [5.41, 5.74) is 2.91. The second-order valence-corrected chi connectivity index (χ2v) is 5.59. The zero-order valence-electron chi connectivity index (χ0n) is 11.5. The normalized spacial score (nSPS) is 12.2. The number of rotatable bonds is 4. The summed E-state index contributed by atoms with van der Waals surface area (Å²) in [6.07, 6.45) is 0.915. The van der Waals surface area contributed by atoms with Crippen LogP contribution in [0.15, 0.2) is 36.4 Å². The Balaban J connectivity index is 2.23. The Morgan fingerprint density at radius 1 is 1.10 bits per heavy atom. The van der Waals surface area contributed by atoms with Crippen LogP contribution in [0.5, 0.6) is 5.75 Å². The second kappa shape index (κ2) is 6.38. The number of aromatic hydroxyl groups is 1. The molecule has 4 heteroatoms. The molecule has 0 amide bonds. The van der Waals surface area contributed by atoms with Crippen molar-refractivity contribution in [3.05, 3.63) is 57.6 Å². The molecule has 20 heavy (non-hydrogen) atoms. The lowest BCUT2D eigenvalue weighted by Crippen LogP contribution is -2.09. The Morgan fingerprint density at radius 2 is 1.85 bits per heavy atom. The van der Waals surface area contributed by atoms with E-state index < -0.39 is 0 Å². The molecule has 0 aliphatic heterocycles. The van der Waals surface area contributed by atoms with Crippen LogP contribution >= 0.6 is 23.2 Å². The molecule has 2 aromatic carbocycles. The van der Waals surface area contributed by atoms with E-state index in [1.54, 1.807) is 6.07 Å². The lowest BCUT2D eigenvalue weighted by molar-refractivity contribution is 0.471. The van der Waals surface area contributed by atoms with E-state index in [1.165, 1.54) is 0 Å². The first-order chi connectivity index (χ1) is 9.51. The van der Waals surface area contributed by atoms with E-state index in [2.05, 4.69) is 12.2 Å². The van der Waals surface area contributed by atoms with E-state index in [0.29, 0.717) is 15.8 Å². The summed E-state index contributed by atoms with van der Waals surface area (Å²) in [5.74, 6) is 0.304. The molecule has 2 nitrogen and oxygen atoms in total. The first kappa shape index (κ1) is 15.0. The van der Waals surface area contributed by atoms with Crippen LogP contribution in [0.4, 0.5) is 5.69 Å². The average Bonchev–Trinajstić information content (AvgIpc) is 2.43. The van der Waals surface area contributed by atoms with Gasteiger partial charge in [0.05, 0.1) is 16.1 Å². The van der Waals surface area contributed by atoms with Crippen molar-refractivity contribution in [2.24, 2.45) is 0 Å². The molecule has 1 unspecified atom stereocenters. The minimum atomic E-state index is 0.147. The number of phenols is 1. The smallest absolute Gasteiger partial charge is 0.118 e. The van der Waals surface area contributed by atoms with Gasteiger partial charge in [-0.15, -0.1) is 0 Å². The van der Waals surface area contributed by atoms with Crippen molar-refractivity contribution in [1.29, 1.82) is 0 Å². The third-order valence-electron chi connectivity index (χ3n) is 3.29. The number of anilines is 1. The molecular weight excluding hydrogens is 293 g/mol. The summed E-state index contributed by atoms with van der Waals surface area (Å²) in [6, 6.07) is 11.3. The summed E-state index contributed by atoms with van der Waals surface area (Å²) < 4.78 is 0. The summed E-state index contributed by atoms with van der Waals surface area (Å²) in [4.78, 5) is 0. The lowest BCUT2D eigenvalue weighted by Gasteiger charge is -2.20. The lowest BCUT2D eigenvalue weighted by atomic mass is 10.0. The molecule has 0 saturated carbocycles. The van der Waals surface area contributed by atoms with E-state index >= 15 is 0 Å². The average molecular weight is 310 g/mol. The van der Waals surface area contributed by atoms with Crippen molar-refractivity contribution in [3.8, 4) is 5.75 Å². The van der Waals surface area contributed by atoms with E-state index in [0.717, 1.165) is 23.2 Å². The van der Waals surface area contributed by atoms with Gasteiger partial charge in [0, 0.05) is 5.69 Å². The maximum absolute atomic E-state index is 9.56. The van der Waals surface area contributed by atoms with Crippen LogP contribution in [0, 0.1) is 6.92 Å². The van der Waals surface area contributed by atoms with E-state index in [9.17, 15) is 5.11 Å². The van der Waals surface area contributed by atoms with Gasteiger partial charge in [-0.1, -0.05) is 36.2 Å². The van der Waals surface area contributed by atoms with Crippen molar-refractivity contribution < 1.29 is 5.11 Å². The van der Waals surface area contributed by atoms with Gasteiger partial charge < -0.3 is 10.4 Å². The van der Waals surface area contributed by atoms with Crippen molar-refractivity contribution in [1.82, 2.24) is 0 Å². The largest absolute Gasteiger partial charge is 0.508 e. The van der Waals surface area contributed by atoms with Crippen LogP contribution in [0.25, 0.3) is 0 Å². The van der Waals surface area contributed by atoms with Crippen LogP contribution in [0.3, 0.4) is 0 Å². The fourth-order valence-electron chi connectivity index (χ4n) is 2.10. The second-order valence-electron chi connectivity index (χ2n) is 4.78. The Bertz CT molecular complexity index is 613. The Hall–Kier alpha value is -1.38. The van der Waals surface area contributed by atoms with Gasteiger partial charge in [0.1, 0.15) is 5.75 Å². The first-order valence-corrected chi connectivity index (χ1v) is 7.28. The predicted octanol–water partition coefficient (Wildman–Crippen LogP) is 5.57. The van der Waals surface area contributed by atoms with E-state index in [4.69, 9.17) is 23.2 Å². The predicted molar refractivity (Wildman–Crippen MR) is 86.0 cm³/mol. The molecule has 0 heterocycles. The molecule has 0 saturated heterocycles. The van der Waals surface area contributed by atoms with Gasteiger partial charge >= 0.3 is 0 Å². The molecule has 0 spiro atoms. The van der Waals surface area contributed by atoms with Crippen molar-refractivity contribution >= 4 is 28.9 Å². The van der Waals surface area contributed by atoms with Crippen molar-refractivity contribution in [3.63, 3.8) is 0 Å². The first-order valence-electron chi connectivity index (χ1n) is 6.52. The fourth-order valence-corrected chi connectivity index (χ4v) is 2.40. The number of nitrogens with one attached hydrogen (secondary N) is 1. The Morgan fingerprint density at radius 3 is 2.45 bits per heavy atom. The minimum absolute atomic E-state index is 0.147. The highest BCUT2D eigenvalue weighted by molar-refractivity contribution is 6.42. The van der Waals surface area contributed by atoms with Crippen LogP contribution in [-0.4, -0.2) is 5.11 Å². The van der Waals surface area contributed by atoms with Crippen LogP contribution < -0.4 is 5.32 Å². The summed E-state index contributed by atoms with van der Waals surface area (Å²) >= 11 is 12.0. The molecule has 0 aromatic heterocycles. The summed E-state index contributed by atoms with van der Waals surface area (Å²) in [5, 5.41) is 14.1. The molecule has 2 aromatic rings. The quantitative estimate of drug-likeness (QED) is 0.723. The van der Waals surface area contributed by atoms with Crippen LogP contribution in [0.2, 0.25) is 10.0 Å². The molecular formula is C16H17Cl2NO. The van der Waals surface area contributed by atoms with Gasteiger partial charge in [-0.3, -0.25) is 0 Å². The number of phenolic OH excluding ortho intramolecular Hbond substituents is 1. The highest BCUT2D eigenvalue weighted by atomic mass is 35.5. The van der Waals surface area contributed by atoms with Crippen molar-refractivity contribution in [2.75, 3.05) is 5.32 Å². The van der Waals surface area contributed by atoms with Gasteiger partial charge in [0.15, 0.2) is 0 Å². The number of aryl methyl sites for hydroxylation is 1. The molecule has 0 radical (unpaired) electrons. The Labute approximate surface area is 129 Å². The number of benzene rings is 2. The van der Waals surface area contributed by atoms with Crippen LogP contribution in [0.1, 0.15) is 30.5 Å². The maximum atomic E-state index is 9.56. The third kappa shape index (κ3) is 3.38. The van der Waals surface area contributed by atoms with Gasteiger partial charge in [-0.2, -0.15) is 0 Å². The van der Waals surface area contributed by atoms with E-state index in [-0.39, 0.29) is 6.04 Å². The van der Waals surface area contributed by atoms with Gasteiger partial charge in [0.2, 0.25) is 0 Å². The molecule has 1 atom stereocenters. The number of hydrogen-bond donors (Lipinski definition) is 2. The summed E-state index contributed by atoms with van der Waals surface area (Å²) in [6.45, 7) is 3.98. The molecule has 0 fully saturated rings. The van der Waals surface area contributed by atoms with Gasteiger partial charge in [-0.05, 0) is 54.8 Å². The minimum Gasteiger partial charge on any atom is -0.508 e. The number of halogens is 2. The molecule has 106 valence electrons. The fraction of sp³-hybridized carbons (Fsp3) is 0.250. The standard InChI is InChI=1S/C16H17Cl2NO/c1-3-15(11-4-6-13(17)14(18)9-11)19-12-5-7-16(20)10(2)8-12/h4-9,15,19-20H,3H2,1-2H3. The monoisotopic (exact) mass is 309 g/mol. The Kier molecular flexibility index (Phi) is 4.79. The SMILES string of the molecule is CCC(Nc1ccc(O)c(C)c1)c1ccc(Cl)c(Cl)c1. The molecule has 2 rings (SSSR count). The zero-order valence-corrected chi connectivity index (χ0v) is 13.0. The molecule has 2 N–H and O–H groups in total. The highest BCUT2D eigenvalue weighted by Crippen LogP contribution is 2.30. The topological polar surface area (TPSA) is 32.3 Å². The maximum Gasteiger partial charge on any atom is 0.118 e. The van der Waals surface area contributed by atoms with Crippen molar-refractivity contribution in [2.45, 2.75) is 26.3 Å². The molecule has 0 bridgehead atoms. The van der Waals surface area contributed by atoms with Crippen LogP contribution in [-0.2, 0) is 0 Å². The van der Waals surface area contributed by atoms with Gasteiger partial charge in [-0.25, -0.2) is 0 Å².